The lowest BCUT2D eigenvalue weighted by molar-refractivity contribution is 0.104. The van der Waals surface area contributed by atoms with E-state index in [4.69, 9.17) is 9.47 Å². The van der Waals surface area contributed by atoms with Crippen LogP contribution in [-0.2, 0) is 0 Å². The summed E-state index contributed by atoms with van der Waals surface area (Å²) in [7, 11) is 0. The summed E-state index contributed by atoms with van der Waals surface area (Å²) >= 11 is 0. The van der Waals surface area contributed by atoms with Crippen molar-refractivity contribution in [3.8, 4) is 22.6 Å². The second kappa shape index (κ2) is 7.50. The molecule has 2 aromatic rings. The van der Waals surface area contributed by atoms with Crippen molar-refractivity contribution in [3.05, 3.63) is 47.5 Å². The quantitative estimate of drug-likeness (QED) is 0.693. The molecule has 2 aromatic carbocycles. The van der Waals surface area contributed by atoms with Gasteiger partial charge in [0.15, 0.2) is 5.78 Å². The van der Waals surface area contributed by atoms with Crippen molar-refractivity contribution in [2.45, 2.75) is 38.6 Å². The molecule has 0 amide bonds. The van der Waals surface area contributed by atoms with Gasteiger partial charge in [-0.2, -0.15) is 0 Å². The Hall–Kier alpha value is -2.33. The van der Waals surface area contributed by atoms with Crippen LogP contribution >= 0.6 is 0 Å². The van der Waals surface area contributed by atoms with E-state index >= 15 is 0 Å². The minimum absolute atomic E-state index is 0.0554. The summed E-state index contributed by atoms with van der Waals surface area (Å²) in [5.74, 6) is 1.60. The molecular weight excluding hydrogens is 326 g/mol. The van der Waals surface area contributed by atoms with Crippen LogP contribution in [0.2, 0.25) is 0 Å². The van der Waals surface area contributed by atoms with Crippen molar-refractivity contribution < 1.29 is 14.3 Å². The predicted octanol–water partition coefficient (Wildman–Crippen LogP) is 4.21. The summed E-state index contributed by atoms with van der Waals surface area (Å²) in [5, 5.41) is 3.50. The van der Waals surface area contributed by atoms with Gasteiger partial charge in [0.1, 0.15) is 11.5 Å². The summed E-state index contributed by atoms with van der Waals surface area (Å²) in [5.41, 5.74) is 3.19. The van der Waals surface area contributed by atoms with Gasteiger partial charge in [0, 0.05) is 28.3 Å². The van der Waals surface area contributed by atoms with E-state index < -0.39 is 0 Å². The number of rotatable bonds is 7. The zero-order chi connectivity index (χ0) is 17.9. The lowest BCUT2D eigenvalue weighted by Gasteiger charge is -2.15. The molecule has 0 bridgehead atoms. The fraction of sp³-hybridized carbons (Fsp3) is 0.409. The molecule has 1 unspecified atom stereocenters. The van der Waals surface area contributed by atoms with Crippen LogP contribution in [0, 0.1) is 0 Å². The Balaban J connectivity index is 1.64. The smallest absolute Gasteiger partial charge is 0.194 e. The molecule has 4 heteroatoms. The normalized spacial score (nSPS) is 17.9. The molecule has 1 saturated heterocycles. The van der Waals surface area contributed by atoms with Crippen molar-refractivity contribution in [1.82, 2.24) is 5.32 Å². The molecule has 4 nitrogen and oxygen atoms in total. The number of hydrogen-bond donors (Lipinski definition) is 1. The van der Waals surface area contributed by atoms with Gasteiger partial charge in [0.05, 0.1) is 13.2 Å². The first kappa shape index (κ1) is 17.1. The van der Waals surface area contributed by atoms with Crippen LogP contribution in [0.25, 0.3) is 11.1 Å². The number of benzene rings is 2. The highest BCUT2D eigenvalue weighted by atomic mass is 16.5. The second-order valence-corrected chi connectivity index (χ2v) is 6.97. The first-order valence-electron chi connectivity index (χ1n) is 9.59. The molecule has 0 radical (unpaired) electrons. The molecule has 1 atom stereocenters. The lowest BCUT2D eigenvalue weighted by atomic mass is 10.0. The van der Waals surface area contributed by atoms with Crippen LogP contribution in [0.5, 0.6) is 11.5 Å². The molecule has 2 aliphatic rings. The third kappa shape index (κ3) is 3.10. The minimum atomic E-state index is 0.0554. The Morgan fingerprint density at radius 2 is 1.65 bits per heavy atom. The van der Waals surface area contributed by atoms with E-state index in [1.54, 1.807) is 0 Å². The summed E-state index contributed by atoms with van der Waals surface area (Å²) in [6.45, 7) is 4.46. The number of nitrogens with one attached hydrogen (secondary N) is 1. The maximum absolute atomic E-state index is 12.8. The Kier molecular flexibility index (Phi) is 4.93. The highest BCUT2D eigenvalue weighted by Crippen LogP contribution is 2.47. The molecule has 136 valence electrons. The van der Waals surface area contributed by atoms with E-state index in [0.717, 1.165) is 42.0 Å². The molecule has 1 aliphatic carbocycles. The molecular formula is C22H25NO3. The van der Waals surface area contributed by atoms with E-state index in [1.807, 2.05) is 36.4 Å². The summed E-state index contributed by atoms with van der Waals surface area (Å²) in [6, 6.07) is 12.0. The Bertz CT molecular complexity index is 809. The fourth-order valence-corrected chi connectivity index (χ4v) is 3.87. The molecule has 1 heterocycles. The van der Waals surface area contributed by atoms with Gasteiger partial charge < -0.3 is 14.8 Å². The average Bonchev–Trinajstić information content (AvgIpc) is 3.28. The van der Waals surface area contributed by atoms with E-state index in [-0.39, 0.29) is 5.78 Å². The van der Waals surface area contributed by atoms with Gasteiger partial charge >= 0.3 is 0 Å². The van der Waals surface area contributed by atoms with Crippen molar-refractivity contribution in [1.29, 1.82) is 0 Å². The molecule has 1 aliphatic heterocycles. The highest BCUT2D eigenvalue weighted by molar-refractivity contribution is 6.23. The van der Waals surface area contributed by atoms with Crippen molar-refractivity contribution in [2.75, 3.05) is 19.8 Å². The van der Waals surface area contributed by atoms with Gasteiger partial charge in [0.25, 0.3) is 0 Å². The van der Waals surface area contributed by atoms with Gasteiger partial charge in [-0.1, -0.05) is 31.2 Å². The van der Waals surface area contributed by atoms with Crippen LogP contribution in [0.1, 0.15) is 48.5 Å². The summed E-state index contributed by atoms with van der Waals surface area (Å²) in [4.78, 5) is 12.8. The van der Waals surface area contributed by atoms with Gasteiger partial charge in [-0.15, -0.1) is 0 Å². The minimum Gasteiger partial charge on any atom is -0.493 e. The number of fused-ring (bicyclic) bond motifs is 3. The fourth-order valence-electron chi connectivity index (χ4n) is 3.87. The SMILES string of the molecule is CCCOc1cccc2c1-c1c(OCCC3CCCN3)cccc1C2=O. The molecule has 0 saturated carbocycles. The van der Waals surface area contributed by atoms with Gasteiger partial charge in [-0.3, -0.25) is 4.79 Å². The number of hydrogen-bond acceptors (Lipinski definition) is 4. The zero-order valence-electron chi connectivity index (χ0n) is 15.2. The van der Waals surface area contributed by atoms with Crippen molar-refractivity contribution >= 4 is 5.78 Å². The Morgan fingerprint density at radius 3 is 2.23 bits per heavy atom. The van der Waals surface area contributed by atoms with Crippen LogP contribution in [0.3, 0.4) is 0 Å². The van der Waals surface area contributed by atoms with E-state index in [9.17, 15) is 4.79 Å². The maximum atomic E-state index is 12.8. The molecule has 4 rings (SSSR count). The van der Waals surface area contributed by atoms with Crippen LogP contribution in [-0.4, -0.2) is 31.6 Å². The predicted molar refractivity (Wildman–Crippen MR) is 102 cm³/mol. The van der Waals surface area contributed by atoms with Crippen LogP contribution in [0.4, 0.5) is 0 Å². The van der Waals surface area contributed by atoms with Gasteiger partial charge in [-0.25, -0.2) is 0 Å². The number of ether oxygens (including phenoxy) is 2. The first-order valence-corrected chi connectivity index (χ1v) is 9.59. The standard InChI is InChI=1S/C22H25NO3/c1-2-13-25-18-9-3-7-16-20(18)21-17(22(16)24)8-4-10-19(21)26-14-11-15-6-5-12-23-15/h3-4,7-10,15,23H,2,5-6,11-14H2,1H3. The van der Waals surface area contributed by atoms with Gasteiger partial charge in [-0.05, 0) is 44.4 Å². The van der Waals surface area contributed by atoms with E-state index in [1.165, 1.54) is 12.8 Å². The third-order valence-electron chi connectivity index (χ3n) is 5.14. The molecule has 0 spiro atoms. The number of ketones is 1. The molecule has 1 N–H and O–H groups in total. The van der Waals surface area contributed by atoms with Crippen LogP contribution in [0.15, 0.2) is 36.4 Å². The second-order valence-electron chi connectivity index (χ2n) is 6.97. The molecule has 1 fully saturated rings. The molecule has 26 heavy (non-hydrogen) atoms. The third-order valence-corrected chi connectivity index (χ3v) is 5.14. The van der Waals surface area contributed by atoms with Gasteiger partial charge in [0.2, 0.25) is 0 Å². The monoisotopic (exact) mass is 351 g/mol. The Labute approximate surface area is 154 Å². The van der Waals surface area contributed by atoms with Crippen molar-refractivity contribution in [3.63, 3.8) is 0 Å². The number of carbonyl (C=O) groups is 1. The zero-order valence-corrected chi connectivity index (χ0v) is 15.2. The van der Waals surface area contributed by atoms with E-state index in [2.05, 4.69) is 12.2 Å². The summed E-state index contributed by atoms with van der Waals surface area (Å²) < 4.78 is 12.1. The largest absolute Gasteiger partial charge is 0.493 e. The summed E-state index contributed by atoms with van der Waals surface area (Å²) in [6.07, 6.45) is 4.37. The Morgan fingerprint density at radius 1 is 1.00 bits per heavy atom. The average molecular weight is 351 g/mol. The van der Waals surface area contributed by atoms with Crippen LogP contribution < -0.4 is 14.8 Å². The topological polar surface area (TPSA) is 47.6 Å². The van der Waals surface area contributed by atoms with E-state index in [0.29, 0.717) is 30.4 Å². The van der Waals surface area contributed by atoms with Crippen molar-refractivity contribution in [2.24, 2.45) is 0 Å². The first-order chi connectivity index (χ1) is 12.8. The highest BCUT2D eigenvalue weighted by Gasteiger charge is 2.32. The number of carbonyl (C=O) groups excluding carboxylic acids is 1. The molecule has 0 aromatic heterocycles. The maximum Gasteiger partial charge on any atom is 0.194 e. The lowest BCUT2D eigenvalue weighted by Crippen LogP contribution is -2.23.